The first-order valence-electron chi connectivity index (χ1n) is 10.7. The number of alkyl carbamates (subject to hydrolysis) is 1. The van der Waals surface area contributed by atoms with Crippen molar-refractivity contribution in [1.29, 1.82) is 0 Å². The van der Waals surface area contributed by atoms with Gasteiger partial charge in [0, 0.05) is 23.0 Å². The van der Waals surface area contributed by atoms with E-state index >= 15 is 0 Å². The molecule has 0 radical (unpaired) electrons. The van der Waals surface area contributed by atoms with Gasteiger partial charge in [0.05, 0.1) is 0 Å². The van der Waals surface area contributed by atoms with Gasteiger partial charge in [-0.15, -0.1) is 0 Å². The fraction of sp³-hybridized carbons (Fsp3) is 0.565. The van der Waals surface area contributed by atoms with Gasteiger partial charge in [-0.2, -0.15) is 0 Å². The molecular weight excluding hydrogens is 368 g/mol. The fourth-order valence-electron chi connectivity index (χ4n) is 6.37. The summed E-state index contributed by atoms with van der Waals surface area (Å²) in [4.78, 5) is 27.8. The second kappa shape index (κ2) is 7.08. The number of ether oxygens (including phenoxy) is 1. The maximum atomic E-state index is 12.6. The summed E-state index contributed by atoms with van der Waals surface area (Å²) in [7, 11) is 0. The largest absolute Gasteiger partial charge is 0.480 e. The van der Waals surface area contributed by atoms with E-state index in [1.54, 1.807) is 0 Å². The Morgan fingerprint density at radius 3 is 2.45 bits per heavy atom. The highest BCUT2D eigenvalue weighted by molar-refractivity contribution is 5.86. The smallest absolute Gasteiger partial charge is 0.408 e. The Bertz CT molecular complexity index is 922. The summed E-state index contributed by atoms with van der Waals surface area (Å²) in [6, 6.07) is 6.80. The summed E-state index contributed by atoms with van der Waals surface area (Å²) < 4.78 is 5.82. The fourth-order valence-corrected chi connectivity index (χ4v) is 6.37. The number of rotatable bonds is 5. The SMILES string of the molecule is Cc1[nH]c2ccccc2c1CC(NC(=O)OC1C2CC3CC(C2)CC1C3)C(=O)O. The highest BCUT2D eigenvalue weighted by atomic mass is 16.6. The third-order valence-electron chi connectivity index (χ3n) is 7.41. The van der Waals surface area contributed by atoms with Crippen molar-refractivity contribution in [2.75, 3.05) is 0 Å². The number of aromatic nitrogens is 1. The van der Waals surface area contributed by atoms with Crippen molar-refractivity contribution in [2.24, 2.45) is 23.7 Å². The summed E-state index contributed by atoms with van der Waals surface area (Å²) >= 11 is 0. The number of carboxylic acid groups (broad SMARTS) is 1. The van der Waals surface area contributed by atoms with Gasteiger partial charge in [-0.3, -0.25) is 0 Å². The molecule has 3 N–H and O–H groups in total. The second-order valence-electron chi connectivity index (χ2n) is 9.31. The van der Waals surface area contributed by atoms with Crippen LogP contribution in [0.4, 0.5) is 4.79 Å². The van der Waals surface area contributed by atoms with Crippen LogP contribution in [-0.2, 0) is 16.0 Å². The number of fused-ring (bicyclic) bond motifs is 1. The molecule has 4 aliphatic rings. The average Bonchev–Trinajstić information content (AvgIpc) is 2.99. The molecule has 29 heavy (non-hydrogen) atoms. The van der Waals surface area contributed by atoms with Crippen LogP contribution in [0.2, 0.25) is 0 Å². The number of carbonyl (C=O) groups is 2. The van der Waals surface area contributed by atoms with Crippen molar-refractivity contribution in [1.82, 2.24) is 10.3 Å². The number of para-hydroxylation sites is 1. The first-order valence-corrected chi connectivity index (χ1v) is 10.7. The minimum atomic E-state index is -1.04. The third-order valence-corrected chi connectivity index (χ3v) is 7.41. The first-order chi connectivity index (χ1) is 14.0. The zero-order valence-corrected chi connectivity index (χ0v) is 16.7. The molecule has 6 heteroatoms. The lowest BCUT2D eigenvalue weighted by molar-refractivity contribution is -0.139. The van der Waals surface area contributed by atoms with E-state index in [-0.39, 0.29) is 12.5 Å². The molecule has 1 amide bonds. The minimum Gasteiger partial charge on any atom is -0.480 e. The summed E-state index contributed by atoms with van der Waals surface area (Å²) in [5, 5.41) is 13.3. The Labute approximate surface area is 170 Å². The molecule has 0 aliphatic heterocycles. The number of benzene rings is 1. The Balaban J connectivity index is 1.28. The van der Waals surface area contributed by atoms with Crippen LogP contribution in [0.5, 0.6) is 0 Å². The zero-order chi connectivity index (χ0) is 20.1. The van der Waals surface area contributed by atoms with Crippen LogP contribution in [0.1, 0.15) is 43.4 Å². The lowest BCUT2D eigenvalue weighted by atomic mass is 9.55. The highest BCUT2D eigenvalue weighted by Gasteiger charge is 2.50. The predicted octanol–water partition coefficient (Wildman–Crippen LogP) is 4.02. The number of aromatic amines is 1. The van der Waals surface area contributed by atoms with E-state index < -0.39 is 18.1 Å². The number of amides is 1. The molecule has 4 saturated carbocycles. The van der Waals surface area contributed by atoms with Gasteiger partial charge in [0.25, 0.3) is 0 Å². The number of carboxylic acids is 1. The molecule has 4 aliphatic carbocycles. The maximum Gasteiger partial charge on any atom is 0.408 e. The van der Waals surface area contributed by atoms with Gasteiger partial charge in [-0.1, -0.05) is 18.2 Å². The maximum absolute atomic E-state index is 12.6. The van der Waals surface area contributed by atoms with E-state index in [2.05, 4.69) is 10.3 Å². The Morgan fingerprint density at radius 2 is 1.79 bits per heavy atom. The summed E-state index contributed by atoms with van der Waals surface area (Å²) in [6.07, 6.45) is 5.55. The van der Waals surface area contributed by atoms with E-state index in [9.17, 15) is 14.7 Å². The molecule has 4 bridgehead atoms. The van der Waals surface area contributed by atoms with Crippen LogP contribution in [0.15, 0.2) is 24.3 Å². The lowest BCUT2D eigenvalue weighted by Gasteiger charge is -2.53. The number of hydrogen-bond donors (Lipinski definition) is 3. The van der Waals surface area contributed by atoms with Gasteiger partial charge in [0.2, 0.25) is 0 Å². The highest BCUT2D eigenvalue weighted by Crippen LogP contribution is 2.54. The molecule has 1 unspecified atom stereocenters. The van der Waals surface area contributed by atoms with Crippen LogP contribution in [0, 0.1) is 30.6 Å². The normalized spacial score (nSPS) is 31.0. The van der Waals surface area contributed by atoms with Crippen molar-refractivity contribution in [3.8, 4) is 0 Å². The molecule has 0 spiro atoms. The van der Waals surface area contributed by atoms with Crippen molar-refractivity contribution >= 4 is 23.0 Å². The van der Waals surface area contributed by atoms with Crippen molar-refractivity contribution in [2.45, 2.75) is 57.6 Å². The van der Waals surface area contributed by atoms with Gasteiger partial charge in [0.15, 0.2) is 0 Å². The van der Waals surface area contributed by atoms with Crippen LogP contribution in [-0.4, -0.2) is 34.3 Å². The summed E-state index contributed by atoms with van der Waals surface area (Å²) in [5.41, 5.74) is 2.82. The number of hydrogen-bond acceptors (Lipinski definition) is 3. The predicted molar refractivity (Wildman–Crippen MR) is 109 cm³/mol. The molecule has 6 rings (SSSR count). The number of aryl methyl sites for hydroxylation is 1. The second-order valence-corrected chi connectivity index (χ2v) is 9.31. The summed E-state index contributed by atoms with van der Waals surface area (Å²) in [5.74, 6) is 1.47. The molecule has 1 heterocycles. The number of nitrogens with one attached hydrogen (secondary N) is 2. The van der Waals surface area contributed by atoms with Gasteiger partial charge < -0.3 is 20.1 Å². The number of H-pyrrole nitrogens is 1. The standard InChI is InChI=1S/C23H28N2O4/c1-12-18(17-4-2-3-5-19(17)24-12)11-20(22(26)27)25-23(28)29-21-15-7-13-6-14(9-15)10-16(21)8-13/h2-5,13-16,20-21,24H,6-11H2,1H3,(H,25,28)(H,26,27). The number of aliphatic carboxylic acids is 1. The van der Waals surface area contributed by atoms with E-state index in [4.69, 9.17) is 4.74 Å². The summed E-state index contributed by atoms with van der Waals surface area (Å²) in [6.45, 7) is 1.93. The van der Waals surface area contributed by atoms with E-state index in [1.165, 1.54) is 6.42 Å². The topological polar surface area (TPSA) is 91.4 Å². The third kappa shape index (κ3) is 3.38. The zero-order valence-electron chi connectivity index (χ0n) is 16.7. The average molecular weight is 396 g/mol. The molecule has 154 valence electrons. The minimum absolute atomic E-state index is 0.0490. The van der Waals surface area contributed by atoms with Crippen LogP contribution in [0.3, 0.4) is 0 Å². The van der Waals surface area contributed by atoms with Crippen molar-refractivity contribution in [3.05, 3.63) is 35.5 Å². The van der Waals surface area contributed by atoms with E-state index in [0.29, 0.717) is 11.8 Å². The molecular formula is C23H28N2O4. The molecule has 4 fully saturated rings. The molecule has 1 atom stereocenters. The Morgan fingerprint density at radius 1 is 1.14 bits per heavy atom. The van der Waals surface area contributed by atoms with Crippen LogP contribution >= 0.6 is 0 Å². The number of carbonyl (C=O) groups excluding carboxylic acids is 1. The molecule has 0 saturated heterocycles. The Hall–Kier alpha value is -2.50. The first kappa shape index (κ1) is 18.5. The molecule has 2 aromatic rings. The van der Waals surface area contributed by atoms with Gasteiger partial charge in [-0.25, -0.2) is 9.59 Å². The van der Waals surface area contributed by atoms with Crippen LogP contribution in [0.25, 0.3) is 10.9 Å². The van der Waals surface area contributed by atoms with E-state index in [1.807, 2.05) is 31.2 Å². The molecule has 1 aromatic carbocycles. The molecule has 1 aromatic heterocycles. The monoisotopic (exact) mass is 396 g/mol. The van der Waals surface area contributed by atoms with Gasteiger partial charge in [-0.05, 0) is 74.3 Å². The van der Waals surface area contributed by atoms with Crippen molar-refractivity contribution < 1.29 is 19.4 Å². The lowest BCUT2D eigenvalue weighted by Crippen LogP contribution is -2.52. The van der Waals surface area contributed by atoms with Gasteiger partial charge in [0.1, 0.15) is 12.1 Å². The van der Waals surface area contributed by atoms with Crippen LogP contribution < -0.4 is 5.32 Å². The quantitative estimate of drug-likeness (QED) is 0.712. The van der Waals surface area contributed by atoms with Crippen molar-refractivity contribution in [3.63, 3.8) is 0 Å². The van der Waals surface area contributed by atoms with E-state index in [0.717, 1.165) is 59.7 Å². The van der Waals surface area contributed by atoms with Gasteiger partial charge >= 0.3 is 12.1 Å². The Kier molecular flexibility index (Phi) is 4.52. The molecule has 6 nitrogen and oxygen atoms in total.